The van der Waals surface area contributed by atoms with Gasteiger partial charge in [-0.15, -0.1) is 0 Å². The number of nitrogens with zero attached hydrogens (tertiary/aromatic N) is 1. The van der Waals surface area contributed by atoms with Crippen LogP contribution in [0.1, 0.15) is 23.2 Å². The van der Waals surface area contributed by atoms with Crippen molar-refractivity contribution in [3.8, 4) is 5.75 Å². The Bertz CT molecular complexity index is 450. The molecule has 1 fully saturated rings. The number of hydrogen-bond acceptors (Lipinski definition) is 3. The maximum Gasteiger partial charge on any atom is 0.254 e. The molecule has 0 spiro atoms. The summed E-state index contributed by atoms with van der Waals surface area (Å²) in [5.74, 6) is -1.42. The second-order valence-electron chi connectivity index (χ2n) is 4.42. The average molecular weight is 253 g/mol. The van der Waals surface area contributed by atoms with Crippen LogP contribution in [0.2, 0.25) is 0 Å². The molecule has 98 valence electrons. The quantitative estimate of drug-likeness (QED) is 0.874. The number of amides is 1. The molecular weight excluding hydrogens is 237 g/mol. The molecule has 2 rings (SSSR count). The highest BCUT2D eigenvalue weighted by Gasteiger charge is 2.24. The van der Waals surface area contributed by atoms with Gasteiger partial charge in [-0.1, -0.05) is 0 Å². The van der Waals surface area contributed by atoms with Crippen LogP contribution in [0.3, 0.4) is 0 Å². The number of benzene rings is 1. The van der Waals surface area contributed by atoms with E-state index in [1.807, 2.05) is 0 Å². The number of phenolic OH excluding ortho intramolecular Hbond substituents is 1. The number of likely N-dealkylation sites (tertiary alicyclic amines) is 1. The summed E-state index contributed by atoms with van der Waals surface area (Å²) in [5, 5.41) is 9.28. The number of piperidine rings is 1. The van der Waals surface area contributed by atoms with Gasteiger partial charge in [0.2, 0.25) is 0 Å². The molecule has 0 unspecified atom stereocenters. The summed E-state index contributed by atoms with van der Waals surface area (Å²) >= 11 is 0. The van der Waals surface area contributed by atoms with Crippen LogP contribution in [-0.4, -0.2) is 42.2 Å². The van der Waals surface area contributed by atoms with Gasteiger partial charge >= 0.3 is 0 Å². The van der Waals surface area contributed by atoms with Crippen LogP contribution in [0.15, 0.2) is 18.2 Å². The van der Waals surface area contributed by atoms with E-state index >= 15 is 0 Å². The van der Waals surface area contributed by atoms with Crippen LogP contribution >= 0.6 is 0 Å². The normalized spacial score (nSPS) is 19.9. The summed E-state index contributed by atoms with van der Waals surface area (Å²) < 4.78 is 18.2. The van der Waals surface area contributed by atoms with E-state index in [2.05, 4.69) is 0 Å². The fraction of sp³-hybridized carbons (Fsp3) is 0.462. The third kappa shape index (κ3) is 2.61. The predicted octanol–water partition coefficient (Wildman–Crippen LogP) is 1.78. The summed E-state index contributed by atoms with van der Waals surface area (Å²) in [6.45, 7) is 1.20. The molecule has 0 bridgehead atoms. The number of rotatable bonds is 2. The van der Waals surface area contributed by atoms with Crippen molar-refractivity contribution in [2.75, 3.05) is 20.2 Å². The molecule has 1 aliphatic heterocycles. The van der Waals surface area contributed by atoms with Crippen molar-refractivity contribution in [2.24, 2.45) is 0 Å². The Balaban J connectivity index is 2.12. The number of ether oxygens (including phenoxy) is 1. The standard InChI is InChI=1S/C13H16FNO3/c1-18-10-3-2-6-15(8-10)13(17)9-4-5-11(14)12(16)7-9/h4-5,7,10,16H,2-3,6,8H2,1H3/t10-/m0/s1. The van der Waals surface area contributed by atoms with Crippen molar-refractivity contribution in [1.82, 2.24) is 4.90 Å². The number of methoxy groups -OCH3 is 1. The van der Waals surface area contributed by atoms with E-state index in [0.717, 1.165) is 25.0 Å². The Morgan fingerprint density at radius 3 is 3.00 bits per heavy atom. The lowest BCUT2D eigenvalue weighted by molar-refractivity contribution is 0.0268. The van der Waals surface area contributed by atoms with E-state index < -0.39 is 11.6 Å². The summed E-state index contributed by atoms with van der Waals surface area (Å²) in [4.78, 5) is 13.8. The molecule has 0 radical (unpaired) electrons. The molecule has 5 heteroatoms. The van der Waals surface area contributed by atoms with Crippen LogP contribution < -0.4 is 0 Å². The largest absolute Gasteiger partial charge is 0.505 e. The Hall–Kier alpha value is -1.62. The number of carbonyl (C=O) groups excluding carboxylic acids is 1. The maximum absolute atomic E-state index is 12.9. The van der Waals surface area contributed by atoms with E-state index in [-0.39, 0.29) is 12.0 Å². The highest BCUT2D eigenvalue weighted by atomic mass is 19.1. The second-order valence-corrected chi connectivity index (χ2v) is 4.42. The average Bonchev–Trinajstić information content (AvgIpc) is 2.41. The van der Waals surface area contributed by atoms with Gasteiger partial charge in [0.1, 0.15) is 0 Å². The fourth-order valence-electron chi connectivity index (χ4n) is 2.14. The molecule has 0 aliphatic carbocycles. The van der Waals surface area contributed by atoms with Gasteiger partial charge in [0.15, 0.2) is 11.6 Å². The molecule has 4 nitrogen and oxygen atoms in total. The zero-order valence-electron chi connectivity index (χ0n) is 10.2. The van der Waals surface area contributed by atoms with E-state index in [4.69, 9.17) is 4.74 Å². The number of hydrogen-bond donors (Lipinski definition) is 1. The van der Waals surface area contributed by atoms with Crippen LogP contribution in [0, 0.1) is 5.82 Å². The zero-order valence-corrected chi connectivity index (χ0v) is 10.2. The van der Waals surface area contributed by atoms with E-state index in [1.54, 1.807) is 12.0 Å². The fourth-order valence-corrected chi connectivity index (χ4v) is 2.14. The lowest BCUT2D eigenvalue weighted by Crippen LogP contribution is -2.42. The molecule has 1 atom stereocenters. The minimum absolute atomic E-state index is 0.0525. The molecule has 0 aromatic heterocycles. The highest BCUT2D eigenvalue weighted by molar-refractivity contribution is 5.94. The molecule has 1 heterocycles. The van der Waals surface area contributed by atoms with Gasteiger partial charge < -0.3 is 14.7 Å². The monoisotopic (exact) mass is 253 g/mol. The van der Waals surface area contributed by atoms with E-state index in [0.29, 0.717) is 18.7 Å². The molecular formula is C13H16FNO3. The molecule has 1 aromatic rings. The van der Waals surface area contributed by atoms with Crippen molar-refractivity contribution in [2.45, 2.75) is 18.9 Å². The Morgan fingerprint density at radius 1 is 1.56 bits per heavy atom. The first kappa shape index (κ1) is 12.8. The van der Waals surface area contributed by atoms with Crippen molar-refractivity contribution in [1.29, 1.82) is 0 Å². The third-order valence-electron chi connectivity index (χ3n) is 3.19. The van der Waals surface area contributed by atoms with Crippen molar-refractivity contribution >= 4 is 5.91 Å². The van der Waals surface area contributed by atoms with Crippen LogP contribution in [0.5, 0.6) is 5.75 Å². The maximum atomic E-state index is 12.9. The number of halogens is 1. The van der Waals surface area contributed by atoms with Gasteiger partial charge in [0.05, 0.1) is 6.10 Å². The predicted molar refractivity (Wildman–Crippen MR) is 64.0 cm³/mol. The Labute approximate surface area is 105 Å². The Kier molecular flexibility index (Phi) is 3.81. The number of aromatic hydroxyl groups is 1. The molecule has 1 aromatic carbocycles. The third-order valence-corrected chi connectivity index (χ3v) is 3.19. The van der Waals surface area contributed by atoms with Crippen LogP contribution in [0.25, 0.3) is 0 Å². The lowest BCUT2D eigenvalue weighted by Gasteiger charge is -2.32. The van der Waals surface area contributed by atoms with Gasteiger partial charge in [0, 0.05) is 25.8 Å². The van der Waals surface area contributed by atoms with E-state index in [1.165, 1.54) is 6.07 Å². The van der Waals surface area contributed by atoms with Crippen LogP contribution in [0.4, 0.5) is 4.39 Å². The number of phenols is 1. The summed E-state index contributed by atoms with van der Waals surface area (Å²) in [6, 6.07) is 3.64. The van der Waals surface area contributed by atoms with Gasteiger partial charge in [-0.2, -0.15) is 0 Å². The van der Waals surface area contributed by atoms with Crippen molar-refractivity contribution in [3.63, 3.8) is 0 Å². The van der Waals surface area contributed by atoms with Gasteiger partial charge in [0.25, 0.3) is 5.91 Å². The van der Waals surface area contributed by atoms with Gasteiger partial charge in [-0.25, -0.2) is 4.39 Å². The summed E-state index contributed by atoms with van der Waals surface area (Å²) in [6.07, 6.45) is 1.88. The van der Waals surface area contributed by atoms with Crippen molar-refractivity contribution in [3.05, 3.63) is 29.6 Å². The summed E-state index contributed by atoms with van der Waals surface area (Å²) in [5.41, 5.74) is 0.297. The SMILES string of the molecule is CO[C@H]1CCCN(C(=O)c2ccc(F)c(O)c2)C1. The highest BCUT2D eigenvalue weighted by Crippen LogP contribution is 2.20. The van der Waals surface area contributed by atoms with Gasteiger partial charge in [-0.3, -0.25) is 4.79 Å². The second kappa shape index (κ2) is 5.35. The van der Waals surface area contributed by atoms with Gasteiger partial charge in [-0.05, 0) is 31.0 Å². The molecule has 1 aliphatic rings. The smallest absolute Gasteiger partial charge is 0.254 e. The first-order valence-electron chi connectivity index (χ1n) is 5.92. The summed E-state index contributed by atoms with van der Waals surface area (Å²) in [7, 11) is 1.63. The molecule has 1 N–H and O–H groups in total. The first-order chi connectivity index (χ1) is 8.61. The lowest BCUT2D eigenvalue weighted by atomic mass is 10.1. The molecule has 0 saturated carbocycles. The molecule has 18 heavy (non-hydrogen) atoms. The number of carbonyl (C=O) groups is 1. The minimum Gasteiger partial charge on any atom is -0.505 e. The Morgan fingerprint density at radius 2 is 2.33 bits per heavy atom. The topological polar surface area (TPSA) is 49.8 Å². The molecule has 1 saturated heterocycles. The van der Waals surface area contributed by atoms with Crippen LogP contribution in [-0.2, 0) is 4.74 Å². The zero-order chi connectivity index (χ0) is 13.1. The van der Waals surface area contributed by atoms with Crippen molar-refractivity contribution < 1.29 is 19.0 Å². The first-order valence-corrected chi connectivity index (χ1v) is 5.92. The molecule has 1 amide bonds. The minimum atomic E-state index is -0.722. The van der Waals surface area contributed by atoms with E-state index in [9.17, 15) is 14.3 Å².